The van der Waals surface area contributed by atoms with Crippen molar-refractivity contribution in [2.75, 3.05) is 0 Å². The highest BCUT2D eigenvalue weighted by Gasteiger charge is 2.33. The van der Waals surface area contributed by atoms with Crippen molar-refractivity contribution in [2.45, 2.75) is 26.7 Å². The molecule has 0 radical (unpaired) electrons. The van der Waals surface area contributed by atoms with E-state index in [2.05, 4.69) is 6.92 Å². The average molecular weight is 142 g/mol. The predicted molar refractivity (Wildman–Crippen MR) is 38.7 cm³/mol. The molecule has 0 heterocycles. The Bertz CT molecular complexity index is 142. The van der Waals surface area contributed by atoms with Gasteiger partial charge in [0, 0.05) is 0 Å². The van der Waals surface area contributed by atoms with Crippen LogP contribution in [0.5, 0.6) is 0 Å². The van der Waals surface area contributed by atoms with Crippen molar-refractivity contribution in [1.29, 1.82) is 0 Å². The fourth-order valence-electron chi connectivity index (χ4n) is 1.91. The first kappa shape index (κ1) is 7.58. The molecule has 1 rings (SSSR count). The smallest absolute Gasteiger partial charge is 0.306 e. The van der Waals surface area contributed by atoms with Gasteiger partial charge in [-0.2, -0.15) is 0 Å². The first-order chi connectivity index (χ1) is 4.61. The van der Waals surface area contributed by atoms with Crippen molar-refractivity contribution in [3.8, 4) is 0 Å². The second-order valence-corrected chi connectivity index (χ2v) is 3.50. The largest absolute Gasteiger partial charge is 0.481 e. The van der Waals surface area contributed by atoms with Crippen LogP contribution in [0.2, 0.25) is 0 Å². The van der Waals surface area contributed by atoms with E-state index in [0.717, 1.165) is 12.8 Å². The normalized spacial score (nSPS) is 40.0. The molecule has 0 bridgehead atoms. The van der Waals surface area contributed by atoms with E-state index in [1.165, 1.54) is 0 Å². The molecule has 1 saturated carbocycles. The van der Waals surface area contributed by atoms with Gasteiger partial charge in [-0.15, -0.1) is 0 Å². The third kappa shape index (κ3) is 1.31. The Morgan fingerprint density at radius 2 is 2.00 bits per heavy atom. The van der Waals surface area contributed by atoms with Crippen molar-refractivity contribution < 1.29 is 9.90 Å². The molecule has 0 saturated heterocycles. The Morgan fingerprint density at radius 3 is 2.20 bits per heavy atom. The van der Waals surface area contributed by atoms with Gasteiger partial charge in [-0.3, -0.25) is 4.79 Å². The van der Waals surface area contributed by atoms with Crippen molar-refractivity contribution >= 4 is 5.97 Å². The Hall–Kier alpha value is -0.530. The highest BCUT2D eigenvalue weighted by atomic mass is 16.4. The zero-order valence-electron chi connectivity index (χ0n) is 6.50. The van der Waals surface area contributed by atoms with Crippen LogP contribution in [0.4, 0.5) is 0 Å². The molecular formula is C8H14O2. The topological polar surface area (TPSA) is 37.3 Å². The van der Waals surface area contributed by atoms with Gasteiger partial charge in [0.1, 0.15) is 0 Å². The van der Waals surface area contributed by atoms with Gasteiger partial charge in [0.25, 0.3) is 0 Å². The summed E-state index contributed by atoms with van der Waals surface area (Å²) in [5.41, 5.74) is 0. The fraction of sp³-hybridized carbons (Fsp3) is 0.875. The minimum Gasteiger partial charge on any atom is -0.481 e. The molecule has 0 spiro atoms. The number of hydrogen-bond acceptors (Lipinski definition) is 1. The minimum atomic E-state index is -0.614. The lowest BCUT2D eigenvalue weighted by Crippen LogP contribution is -2.15. The van der Waals surface area contributed by atoms with Crippen molar-refractivity contribution in [3.63, 3.8) is 0 Å². The third-order valence-electron chi connectivity index (χ3n) is 2.43. The first-order valence-electron chi connectivity index (χ1n) is 3.84. The lowest BCUT2D eigenvalue weighted by molar-refractivity contribution is -0.142. The Balaban J connectivity index is 2.54. The molecular weight excluding hydrogens is 128 g/mol. The van der Waals surface area contributed by atoms with E-state index in [1.807, 2.05) is 6.92 Å². The number of carboxylic acids is 1. The Kier molecular flexibility index (Phi) is 1.97. The SMILES string of the molecule is CC1CC(C)C(C(=O)O)C1. The molecule has 2 heteroatoms. The van der Waals surface area contributed by atoms with Gasteiger partial charge in [0.05, 0.1) is 5.92 Å². The molecule has 58 valence electrons. The Labute approximate surface area is 61.2 Å². The van der Waals surface area contributed by atoms with Gasteiger partial charge in [-0.25, -0.2) is 0 Å². The summed E-state index contributed by atoms with van der Waals surface area (Å²) in [4.78, 5) is 10.6. The van der Waals surface area contributed by atoms with Gasteiger partial charge in [0.15, 0.2) is 0 Å². The van der Waals surface area contributed by atoms with E-state index in [0.29, 0.717) is 11.8 Å². The van der Waals surface area contributed by atoms with Crippen LogP contribution in [0.3, 0.4) is 0 Å². The van der Waals surface area contributed by atoms with Crippen LogP contribution in [0.25, 0.3) is 0 Å². The maximum absolute atomic E-state index is 10.6. The second-order valence-electron chi connectivity index (χ2n) is 3.50. The molecule has 0 aromatic carbocycles. The summed E-state index contributed by atoms with van der Waals surface area (Å²) < 4.78 is 0. The van der Waals surface area contributed by atoms with E-state index in [4.69, 9.17) is 5.11 Å². The van der Waals surface area contributed by atoms with E-state index in [-0.39, 0.29) is 5.92 Å². The molecule has 0 amide bonds. The van der Waals surface area contributed by atoms with E-state index >= 15 is 0 Å². The molecule has 0 aromatic heterocycles. The van der Waals surface area contributed by atoms with Gasteiger partial charge >= 0.3 is 5.97 Å². The lowest BCUT2D eigenvalue weighted by atomic mass is 9.99. The zero-order chi connectivity index (χ0) is 7.72. The lowest BCUT2D eigenvalue weighted by Gasteiger charge is -2.07. The number of carbonyl (C=O) groups is 1. The summed E-state index contributed by atoms with van der Waals surface area (Å²) in [5.74, 6) is 0.301. The number of carboxylic acid groups (broad SMARTS) is 1. The summed E-state index contributed by atoms with van der Waals surface area (Å²) in [7, 11) is 0. The molecule has 1 aliphatic carbocycles. The number of hydrogen-bond donors (Lipinski definition) is 1. The summed E-state index contributed by atoms with van der Waals surface area (Å²) in [6, 6.07) is 0. The molecule has 3 unspecified atom stereocenters. The highest BCUT2D eigenvalue weighted by Crippen LogP contribution is 2.35. The van der Waals surface area contributed by atoms with Crippen LogP contribution >= 0.6 is 0 Å². The molecule has 1 aliphatic rings. The Morgan fingerprint density at radius 1 is 1.40 bits per heavy atom. The van der Waals surface area contributed by atoms with E-state index in [1.54, 1.807) is 0 Å². The average Bonchev–Trinajstić information content (AvgIpc) is 2.10. The predicted octanol–water partition coefficient (Wildman–Crippen LogP) is 1.75. The van der Waals surface area contributed by atoms with Gasteiger partial charge in [-0.1, -0.05) is 13.8 Å². The molecule has 2 nitrogen and oxygen atoms in total. The monoisotopic (exact) mass is 142 g/mol. The second kappa shape index (κ2) is 2.60. The molecule has 10 heavy (non-hydrogen) atoms. The number of rotatable bonds is 1. The standard InChI is InChI=1S/C8H14O2/c1-5-3-6(2)7(4-5)8(9)10/h5-7H,3-4H2,1-2H3,(H,9,10). The van der Waals surface area contributed by atoms with Crippen LogP contribution in [0.15, 0.2) is 0 Å². The zero-order valence-corrected chi connectivity index (χ0v) is 6.50. The summed E-state index contributed by atoms with van der Waals surface area (Å²) in [6.45, 7) is 4.15. The number of aliphatic carboxylic acids is 1. The van der Waals surface area contributed by atoms with E-state index in [9.17, 15) is 4.79 Å². The quantitative estimate of drug-likeness (QED) is 0.605. The molecule has 0 aliphatic heterocycles. The maximum Gasteiger partial charge on any atom is 0.306 e. The minimum absolute atomic E-state index is 0.0741. The molecule has 1 N–H and O–H groups in total. The first-order valence-corrected chi connectivity index (χ1v) is 3.84. The molecule has 0 aromatic rings. The highest BCUT2D eigenvalue weighted by molar-refractivity contribution is 5.70. The van der Waals surface area contributed by atoms with Crippen LogP contribution in [-0.2, 0) is 4.79 Å². The van der Waals surface area contributed by atoms with Crippen LogP contribution in [0.1, 0.15) is 26.7 Å². The summed E-state index contributed by atoms with van der Waals surface area (Å²) in [6.07, 6.45) is 1.95. The fourth-order valence-corrected chi connectivity index (χ4v) is 1.91. The molecule has 1 fully saturated rings. The van der Waals surface area contributed by atoms with Gasteiger partial charge in [0.2, 0.25) is 0 Å². The maximum atomic E-state index is 10.6. The van der Waals surface area contributed by atoms with Crippen LogP contribution < -0.4 is 0 Å². The van der Waals surface area contributed by atoms with Gasteiger partial charge in [-0.05, 0) is 24.7 Å². The van der Waals surface area contributed by atoms with Crippen LogP contribution in [-0.4, -0.2) is 11.1 Å². The van der Waals surface area contributed by atoms with Crippen molar-refractivity contribution in [3.05, 3.63) is 0 Å². The summed E-state index contributed by atoms with van der Waals surface area (Å²) in [5, 5.41) is 8.70. The van der Waals surface area contributed by atoms with Gasteiger partial charge < -0.3 is 5.11 Å². The molecule has 3 atom stereocenters. The summed E-state index contributed by atoms with van der Waals surface area (Å²) >= 11 is 0. The third-order valence-corrected chi connectivity index (χ3v) is 2.43. The van der Waals surface area contributed by atoms with Crippen molar-refractivity contribution in [1.82, 2.24) is 0 Å². The van der Waals surface area contributed by atoms with Crippen molar-refractivity contribution in [2.24, 2.45) is 17.8 Å². The van der Waals surface area contributed by atoms with Crippen LogP contribution in [0, 0.1) is 17.8 Å². The van der Waals surface area contributed by atoms with E-state index < -0.39 is 5.97 Å².